The summed E-state index contributed by atoms with van der Waals surface area (Å²) in [7, 11) is 0. The first kappa shape index (κ1) is 11.4. The lowest BCUT2D eigenvalue weighted by molar-refractivity contribution is -0.127. The van der Waals surface area contributed by atoms with Crippen molar-refractivity contribution in [1.29, 1.82) is 0 Å². The molecule has 0 atom stereocenters. The van der Waals surface area contributed by atoms with Crippen molar-refractivity contribution in [2.45, 2.75) is 83.0 Å². The standard InChI is InChI=1S/C13H26N2/c1-10(2,3)14-12-7-13(8-12,9-12)15-11(4,5)6/h14-15H,7-9H2,1-6H3. The van der Waals surface area contributed by atoms with Crippen LogP contribution in [0.25, 0.3) is 0 Å². The SMILES string of the molecule is CC(C)(C)NC12CC(NC(C)(C)C)(C1)C2. The molecule has 0 aromatic carbocycles. The van der Waals surface area contributed by atoms with Gasteiger partial charge in [0.2, 0.25) is 0 Å². The van der Waals surface area contributed by atoms with Gasteiger partial charge in [-0.1, -0.05) is 0 Å². The van der Waals surface area contributed by atoms with Crippen LogP contribution in [0, 0.1) is 0 Å². The Labute approximate surface area is 94.2 Å². The first-order valence-electron chi connectivity index (χ1n) is 6.12. The summed E-state index contributed by atoms with van der Waals surface area (Å²) in [4.78, 5) is 0. The van der Waals surface area contributed by atoms with Crippen molar-refractivity contribution in [3.05, 3.63) is 0 Å². The summed E-state index contributed by atoms with van der Waals surface area (Å²) in [5.41, 5.74) is 1.45. The van der Waals surface area contributed by atoms with Crippen LogP contribution in [-0.2, 0) is 0 Å². The van der Waals surface area contributed by atoms with Gasteiger partial charge in [0.05, 0.1) is 0 Å². The molecule has 3 fully saturated rings. The molecule has 0 saturated heterocycles. The minimum Gasteiger partial charge on any atom is -0.306 e. The third-order valence-corrected chi connectivity index (χ3v) is 3.31. The average molecular weight is 210 g/mol. The maximum atomic E-state index is 3.77. The van der Waals surface area contributed by atoms with E-state index < -0.39 is 0 Å². The van der Waals surface area contributed by atoms with Crippen LogP contribution in [0.3, 0.4) is 0 Å². The molecular formula is C13H26N2. The van der Waals surface area contributed by atoms with Gasteiger partial charge in [0.15, 0.2) is 0 Å². The Balaban J connectivity index is 1.85. The molecule has 0 aliphatic heterocycles. The van der Waals surface area contributed by atoms with Crippen LogP contribution in [0.15, 0.2) is 0 Å². The largest absolute Gasteiger partial charge is 0.306 e. The predicted octanol–water partition coefficient (Wildman–Crippen LogP) is 2.44. The van der Waals surface area contributed by atoms with E-state index in [-0.39, 0.29) is 11.1 Å². The summed E-state index contributed by atoms with van der Waals surface area (Å²) in [5.74, 6) is 0. The number of hydrogen-bond donors (Lipinski definition) is 2. The molecule has 3 rings (SSSR count). The van der Waals surface area contributed by atoms with Crippen molar-refractivity contribution in [3.8, 4) is 0 Å². The molecule has 0 aromatic rings. The van der Waals surface area contributed by atoms with Gasteiger partial charge in [-0.15, -0.1) is 0 Å². The van der Waals surface area contributed by atoms with Gasteiger partial charge >= 0.3 is 0 Å². The summed E-state index contributed by atoms with van der Waals surface area (Å²) >= 11 is 0. The average Bonchev–Trinajstić information content (AvgIpc) is 1.72. The fourth-order valence-corrected chi connectivity index (χ4v) is 3.64. The first-order valence-corrected chi connectivity index (χ1v) is 6.12. The molecule has 2 heteroatoms. The van der Waals surface area contributed by atoms with Gasteiger partial charge < -0.3 is 10.6 Å². The van der Waals surface area contributed by atoms with Crippen LogP contribution in [-0.4, -0.2) is 22.2 Å². The Bertz CT molecular complexity index is 221. The molecule has 0 spiro atoms. The Morgan fingerprint density at radius 1 is 0.667 bits per heavy atom. The molecule has 3 saturated carbocycles. The highest BCUT2D eigenvalue weighted by atomic mass is 15.2. The highest BCUT2D eigenvalue weighted by molar-refractivity contribution is 5.30. The summed E-state index contributed by atoms with van der Waals surface area (Å²) in [6.07, 6.45) is 3.94. The van der Waals surface area contributed by atoms with E-state index in [0.29, 0.717) is 11.1 Å². The normalized spacial score (nSPS) is 39.6. The van der Waals surface area contributed by atoms with Crippen molar-refractivity contribution in [2.75, 3.05) is 0 Å². The molecule has 15 heavy (non-hydrogen) atoms. The minimum absolute atomic E-state index is 0.258. The van der Waals surface area contributed by atoms with Crippen LogP contribution < -0.4 is 10.6 Å². The topological polar surface area (TPSA) is 24.1 Å². The lowest BCUT2D eigenvalue weighted by Crippen LogP contribution is -2.85. The van der Waals surface area contributed by atoms with Crippen LogP contribution in [0.1, 0.15) is 60.8 Å². The third kappa shape index (κ3) is 2.21. The van der Waals surface area contributed by atoms with E-state index in [4.69, 9.17) is 0 Å². The Hall–Kier alpha value is -0.0800. The van der Waals surface area contributed by atoms with E-state index in [0.717, 1.165) is 0 Å². The van der Waals surface area contributed by atoms with Crippen molar-refractivity contribution >= 4 is 0 Å². The van der Waals surface area contributed by atoms with Crippen molar-refractivity contribution < 1.29 is 0 Å². The molecule has 0 aromatic heterocycles. The number of hydrogen-bond acceptors (Lipinski definition) is 2. The fourth-order valence-electron chi connectivity index (χ4n) is 3.64. The van der Waals surface area contributed by atoms with Gasteiger partial charge in [-0.2, -0.15) is 0 Å². The number of nitrogens with one attached hydrogen (secondary N) is 2. The monoisotopic (exact) mass is 210 g/mol. The van der Waals surface area contributed by atoms with Gasteiger partial charge in [-0.05, 0) is 60.8 Å². The maximum Gasteiger partial charge on any atom is 0.0239 e. The van der Waals surface area contributed by atoms with Crippen LogP contribution >= 0.6 is 0 Å². The smallest absolute Gasteiger partial charge is 0.0239 e. The molecule has 88 valence electrons. The predicted molar refractivity (Wildman–Crippen MR) is 65.1 cm³/mol. The van der Waals surface area contributed by atoms with Crippen molar-refractivity contribution in [2.24, 2.45) is 0 Å². The molecule has 3 aliphatic rings. The highest BCUT2D eigenvalue weighted by Crippen LogP contribution is 2.61. The van der Waals surface area contributed by atoms with Gasteiger partial charge in [0.1, 0.15) is 0 Å². The van der Waals surface area contributed by atoms with Crippen molar-refractivity contribution in [1.82, 2.24) is 10.6 Å². The zero-order valence-corrected chi connectivity index (χ0v) is 11.1. The quantitative estimate of drug-likeness (QED) is 0.731. The lowest BCUT2D eigenvalue weighted by Gasteiger charge is -2.73. The summed E-state index contributed by atoms with van der Waals surface area (Å²) in [5, 5.41) is 7.54. The van der Waals surface area contributed by atoms with Gasteiger partial charge in [-0.3, -0.25) is 0 Å². The molecule has 0 radical (unpaired) electrons. The van der Waals surface area contributed by atoms with Crippen LogP contribution in [0.5, 0.6) is 0 Å². The second-order valence-electron chi connectivity index (χ2n) is 7.84. The first-order chi connectivity index (χ1) is 6.54. The van der Waals surface area contributed by atoms with E-state index in [9.17, 15) is 0 Å². The summed E-state index contributed by atoms with van der Waals surface area (Å²) < 4.78 is 0. The molecule has 0 heterocycles. The van der Waals surface area contributed by atoms with Gasteiger partial charge in [-0.25, -0.2) is 0 Å². The zero-order valence-electron chi connectivity index (χ0n) is 11.1. The third-order valence-electron chi connectivity index (χ3n) is 3.31. The lowest BCUT2D eigenvalue weighted by atomic mass is 9.43. The molecule has 0 amide bonds. The van der Waals surface area contributed by atoms with E-state index in [1.165, 1.54) is 19.3 Å². The van der Waals surface area contributed by atoms with Crippen LogP contribution in [0.4, 0.5) is 0 Å². The van der Waals surface area contributed by atoms with Gasteiger partial charge in [0.25, 0.3) is 0 Å². The van der Waals surface area contributed by atoms with E-state index in [1.807, 2.05) is 0 Å². The minimum atomic E-state index is 0.258. The molecule has 3 aliphatic carbocycles. The second kappa shape index (κ2) is 2.78. The molecule has 0 unspecified atom stereocenters. The molecule has 2 bridgehead atoms. The van der Waals surface area contributed by atoms with E-state index in [2.05, 4.69) is 52.2 Å². The Morgan fingerprint density at radius 3 is 1.13 bits per heavy atom. The Morgan fingerprint density at radius 2 is 0.933 bits per heavy atom. The van der Waals surface area contributed by atoms with E-state index >= 15 is 0 Å². The second-order valence-corrected chi connectivity index (χ2v) is 7.84. The summed E-state index contributed by atoms with van der Waals surface area (Å²) in [6.45, 7) is 13.6. The maximum absolute atomic E-state index is 3.77. The van der Waals surface area contributed by atoms with Crippen LogP contribution in [0.2, 0.25) is 0 Å². The highest BCUT2D eigenvalue weighted by Gasteiger charge is 2.68. The van der Waals surface area contributed by atoms with Gasteiger partial charge in [0, 0.05) is 22.2 Å². The van der Waals surface area contributed by atoms with Crippen molar-refractivity contribution in [3.63, 3.8) is 0 Å². The Kier molecular flexibility index (Phi) is 2.11. The molecular weight excluding hydrogens is 184 g/mol. The molecule has 2 N–H and O–H groups in total. The van der Waals surface area contributed by atoms with E-state index in [1.54, 1.807) is 0 Å². The number of rotatable bonds is 2. The molecule has 2 nitrogen and oxygen atoms in total. The zero-order chi connectivity index (χ0) is 11.5. The summed E-state index contributed by atoms with van der Waals surface area (Å²) in [6, 6.07) is 0. The fraction of sp³-hybridized carbons (Fsp3) is 1.00.